The number of hydrogen-bond acceptors (Lipinski definition) is 0. The molecule has 0 saturated heterocycles. The van der Waals surface area contributed by atoms with E-state index in [0.717, 1.165) is 12.8 Å². The molecule has 0 heterocycles. The van der Waals surface area contributed by atoms with E-state index in [0.29, 0.717) is 0 Å². The summed E-state index contributed by atoms with van der Waals surface area (Å²) in [5.41, 5.74) is 6.19. The Kier molecular flexibility index (Phi) is 3.75. The predicted octanol–water partition coefficient (Wildman–Crippen LogP) is 4.83. The first kappa shape index (κ1) is 12.3. The minimum atomic E-state index is 0.261. The summed E-state index contributed by atoms with van der Waals surface area (Å²) in [7, 11) is 0. The highest BCUT2D eigenvalue weighted by molar-refractivity contribution is 6.21. The van der Waals surface area contributed by atoms with Crippen LogP contribution in [0.25, 0.3) is 0 Å². The second-order valence-electron chi connectivity index (χ2n) is 5.72. The maximum atomic E-state index is 6.30. The van der Waals surface area contributed by atoms with Crippen LogP contribution in [0.1, 0.15) is 48.8 Å². The van der Waals surface area contributed by atoms with Crippen molar-refractivity contribution in [2.75, 3.05) is 0 Å². The van der Waals surface area contributed by atoms with E-state index in [2.05, 4.69) is 24.3 Å². The van der Waals surface area contributed by atoms with E-state index >= 15 is 0 Å². The third-order valence-electron chi connectivity index (χ3n) is 4.24. The van der Waals surface area contributed by atoms with Gasteiger partial charge in [0.15, 0.2) is 0 Å². The van der Waals surface area contributed by atoms with Gasteiger partial charge >= 0.3 is 0 Å². The topological polar surface area (TPSA) is 0 Å². The lowest BCUT2D eigenvalue weighted by Crippen LogP contribution is -1.95. The van der Waals surface area contributed by atoms with Gasteiger partial charge in [0.25, 0.3) is 0 Å². The molecule has 0 saturated carbocycles. The number of aryl methyl sites for hydroxylation is 2. The van der Waals surface area contributed by atoms with E-state index in [1.54, 1.807) is 16.7 Å². The first-order valence-corrected chi connectivity index (χ1v) is 7.69. The quantitative estimate of drug-likeness (QED) is 0.528. The molecule has 3 rings (SSSR count). The van der Waals surface area contributed by atoms with Crippen LogP contribution in [0.4, 0.5) is 0 Å². The van der Waals surface area contributed by atoms with Crippen LogP contribution in [0.15, 0.2) is 29.8 Å². The van der Waals surface area contributed by atoms with Crippen molar-refractivity contribution in [3.05, 3.63) is 46.5 Å². The summed E-state index contributed by atoms with van der Waals surface area (Å²) in [6, 6.07) is 7.09. The second-order valence-corrected chi connectivity index (χ2v) is 6.28. The SMILES string of the molecule is ClC1C=C(Cc2ccc3c(c2)CCC3)CCCC1. The molecule has 0 aliphatic heterocycles. The lowest BCUT2D eigenvalue weighted by Gasteiger charge is -2.08. The maximum Gasteiger partial charge on any atom is 0.0518 e. The molecule has 1 aromatic rings. The molecule has 2 aliphatic rings. The van der Waals surface area contributed by atoms with Crippen molar-refractivity contribution in [1.29, 1.82) is 0 Å². The molecule has 1 heteroatoms. The molecule has 0 aromatic heterocycles. The van der Waals surface area contributed by atoms with E-state index < -0.39 is 0 Å². The highest BCUT2D eigenvalue weighted by Gasteiger charge is 2.13. The Morgan fingerprint density at radius 1 is 1.00 bits per heavy atom. The van der Waals surface area contributed by atoms with Crippen molar-refractivity contribution in [1.82, 2.24) is 0 Å². The average Bonchev–Trinajstić information content (AvgIpc) is 2.72. The summed E-state index contributed by atoms with van der Waals surface area (Å²) < 4.78 is 0. The van der Waals surface area contributed by atoms with Gasteiger partial charge in [0.1, 0.15) is 0 Å². The summed E-state index contributed by atoms with van der Waals surface area (Å²) in [6.07, 6.45) is 12.3. The zero-order valence-corrected chi connectivity index (χ0v) is 11.7. The molecule has 96 valence electrons. The molecule has 0 radical (unpaired) electrons. The largest absolute Gasteiger partial charge is 0.118 e. The van der Waals surface area contributed by atoms with E-state index in [-0.39, 0.29) is 5.38 Å². The molecule has 0 spiro atoms. The van der Waals surface area contributed by atoms with Gasteiger partial charge in [-0.15, -0.1) is 11.6 Å². The second kappa shape index (κ2) is 5.48. The van der Waals surface area contributed by atoms with Gasteiger partial charge in [-0.3, -0.25) is 0 Å². The Hall–Kier alpha value is -0.750. The monoisotopic (exact) mass is 260 g/mol. The number of allylic oxidation sites excluding steroid dienone is 2. The molecule has 1 unspecified atom stereocenters. The van der Waals surface area contributed by atoms with Crippen molar-refractivity contribution in [2.45, 2.75) is 56.7 Å². The van der Waals surface area contributed by atoms with E-state index in [9.17, 15) is 0 Å². The molecule has 1 atom stereocenters. The molecule has 2 aliphatic carbocycles. The van der Waals surface area contributed by atoms with Gasteiger partial charge in [-0.05, 0) is 61.6 Å². The number of fused-ring (bicyclic) bond motifs is 1. The zero-order valence-electron chi connectivity index (χ0n) is 10.9. The number of halogens is 1. The summed E-state index contributed by atoms with van der Waals surface area (Å²) in [4.78, 5) is 0. The lowest BCUT2D eigenvalue weighted by atomic mass is 9.98. The Balaban J connectivity index is 1.75. The number of hydrogen-bond donors (Lipinski definition) is 0. The smallest absolute Gasteiger partial charge is 0.0518 e. The van der Waals surface area contributed by atoms with Crippen LogP contribution in [0.5, 0.6) is 0 Å². The molecule has 0 amide bonds. The van der Waals surface area contributed by atoms with Gasteiger partial charge in [0.2, 0.25) is 0 Å². The van der Waals surface area contributed by atoms with Crippen LogP contribution in [-0.4, -0.2) is 5.38 Å². The minimum absolute atomic E-state index is 0.261. The van der Waals surface area contributed by atoms with Gasteiger partial charge < -0.3 is 0 Å². The van der Waals surface area contributed by atoms with Gasteiger partial charge in [-0.2, -0.15) is 0 Å². The number of benzene rings is 1. The first-order valence-electron chi connectivity index (χ1n) is 7.25. The van der Waals surface area contributed by atoms with Crippen molar-refractivity contribution in [2.24, 2.45) is 0 Å². The fourth-order valence-electron chi connectivity index (χ4n) is 3.26. The number of alkyl halides is 1. The molecule has 18 heavy (non-hydrogen) atoms. The maximum absolute atomic E-state index is 6.30. The molecular weight excluding hydrogens is 240 g/mol. The van der Waals surface area contributed by atoms with Crippen molar-refractivity contribution in [3.8, 4) is 0 Å². The molecule has 0 nitrogen and oxygen atoms in total. The zero-order chi connectivity index (χ0) is 12.4. The summed E-state index contributed by atoms with van der Waals surface area (Å²) >= 11 is 6.30. The molecule has 0 N–H and O–H groups in total. The average molecular weight is 261 g/mol. The van der Waals surface area contributed by atoms with E-state index in [1.807, 2.05) is 0 Å². The van der Waals surface area contributed by atoms with Gasteiger partial charge in [-0.25, -0.2) is 0 Å². The highest BCUT2D eigenvalue weighted by Crippen LogP contribution is 2.27. The van der Waals surface area contributed by atoms with Gasteiger partial charge in [0, 0.05) is 0 Å². The Labute approximate surface area is 115 Å². The minimum Gasteiger partial charge on any atom is -0.118 e. The third-order valence-corrected chi connectivity index (χ3v) is 4.58. The first-order chi connectivity index (χ1) is 8.81. The molecule has 0 fully saturated rings. The molecule has 1 aromatic carbocycles. The Morgan fingerprint density at radius 3 is 2.83 bits per heavy atom. The van der Waals surface area contributed by atoms with E-state index in [1.165, 1.54) is 44.1 Å². The van der Waals surface area contributed by atoms with Crippen LogP contribution < -0.4 is 0 Å². The summed E-state index contributed by atoms with van der Waals surface area (Å²) in [6.45, 7) is 0. The predicted molar refractivity (Wildman–Crippen MR) is 78.4 cm³/mol. The third kappa shape index (κ3) is 2.80. The van der Waals surface area contributed by atoms with E-state index in [4.69, 9.17) is 11.6 Å². The summed E-state index contributed by atoms with van der Waals surface area (Å²) in [5, 5.41) is 0.261. The highest BCUT2D eigenvalue weighted by atomic mass is 35.5. The lowest BCUT2D eigenvalue weighted by molar-refractivity contribution is 0.710. The van der Waals surface area contributed by atoms with Crippen LogP contribution in [0, 0.1) is 0 Å². The molecular formula is C17H21Cl. The van der Waals surface area contributed by atoms with Crippen molar-refractivity contribution < 1.29 is 0 Å². The Morgan fingerprint density at radius 2 is 1.89 bits per heavy atom. The van der Waals surface area contributed by atoms with Crippen molar-refractivity contribution in [3.63, 3.8) is 0 Å². The van der Waals surface area contributed by atoms with Crippen LogP contribution in [0.3, 0.4) is 0 Å². The summed E-state index contributed by atoms with van der Waals surface area (Å²) in [5.74, 6) is 0. The fraction of sp³-hybridized carbons (Fsp3) is 0.529. The Bertz CT molecular complexity index is 459. The van der Waals surface area contributed by atoms with Gasteiger partial charge in [-0.1, -0.05) is 36.3 Å². The normalized spacial score (nSPS) is 23.4. The fourth-order valence-corrected chi connectivity index (χ4v) is 3.59. The van der Waals surface area contributed by atoms with Crippen molar-refractivity contribution >= 4 is 11.6 Å². The van der Waals surface area contributed by atoms with Gasteiger partial charge in [0.05, 0.1) is 5.38 Å². The molecule has 0 bridgehead atoms. The van der Waals surface area contributed by atoms with Crippen LogP contribution in [-0.2, 0) is 19.3 Å². The number of rotatable bonds is 2. The van der Waals surface area contributed by atoms with Crippen LogP contribution in [0.2, 0.25) is 0 Å². The van der Waals surface area contributed by atoms with Crippen LogP contribution >= 0.6 is 11.6 Å². The standard InChI is InChI=1S/C17H21Cl/c18-17-7-2-1-4-13(12-17)10-14-8-9-15-5-3-6-16(15)11-14/h8-9,11-12,17H,1-7,10H2.